The van der Waals surface area contributed by atoms with E-state index < -0.39 is 0 Å². The van der Waals surface area contributed by atoms with Crippen molar-refractivity contribution in [1.29, 1.82) is 0 Å². The highest BCUT2D eigenvalue weighted by Crippen LogP contribution is 2.30. The van der Waals surface area contributed by atoms with Crippen LogP contribution < -0.4 is 0 Å². The second kappa shape index (κ2) is 2.79. The minimum Gasteiger partial charge on any atom is -0.315 e. The summed E-state index contributed by atoms with van der Waals surface area (Å²) in [5.41, 5.74) is 0. The molecule has 1 heterocycles. The Morgan fingerprint density at radius 1 is 1.75 bits per heavy atom. The van der Waals surface area contributed by atoms with Crippen molar-refractivity contribution in [2.45, 2.75) is 12.8 Å². The van der Waals surface area contributed by atoms with Gasteiger partial charge in [-0.2, -0.15) is 0 Å². The lowest BCUT2D eigenvalue weighted by Crippen LogP contribution is -2.11. The number of rotatable bonds is 1. The molecule has 1 aliphatic rings. The van der Waals surface area contributed by atoms with Gasteiger partial charge < -0.3 is 4.67 Å². The van der Waals surface area contributed by atoms with Crippen molar-refractivity contribution in [2.75, 3.05) is 6.54 Å². The minimum atomic E-state index is 0.292. The fraction of sp³-hybridized carbons (Fsp3) is 0.750. The number of hydrogen-bond donors (Lipinski definition) is 0. The van der Waals surface area contributed by atoms with Crippen molar-refractivity contribution in [1.82, 2.24) is 4.67 Å². The van der Waals surface area contributed by atoms with E-state index >= 15 is 0 Å². The molecule has 1 saturated heterocycles. The highest BCUT2D eigenvalue weighted by atomic mass is 79.9. The summed E-state index contributed by atoms with van der Waals surface area (Å²) in [7, 11) is 0.488. The lowest BCUT2D eigenvalue weighted by atomic mass is 10.4. The number of halogens is 1. The standard InChI is InChI=1S/C4H7BrNOP/c5-8-6-3-1-2-4(6)7/h8H,1-3H2. The zero-order valence-electron chi connectivity index (χ0n) is 4.35. The molecule has 0 bridgehead atoms. The lowest BCUT2D eigenvalue weighted by molar-refractivity contribution is -0.123. The highest BCUT2D eigenvalue weighted by Gasteiger charge is 2.17. The molecule has 0 spiro atoms. The molecule has 1 aliphatic heterocycles. The van der Waals surface area contributed by atoms with Crippen LogP contribution in [0.5, 0.6) is 0 Å². The summed E-state index contributed by atoms with van der Waals surface area (Å²) in [6, 6.07) is 0. The molecule has 0 aromatic rings. The summed E-state index contributed by atoms with van der Waals surface area (Å²) >= 11 is 3.25. The third kappa shape index (κ3) is 1.20. The SMILES string of the molecule is O=C1CCCN1PBr. The highest BCUT2D eigenvalue weighted by molar-refractivity contribution is 9.36. The first-order chi connectivity index (χ1) is 3.84. The molecule has 4 heteroatoms. The minimum absolute atomic E-state index is 0.292. The van der Waals surface area contributed by atoms with E-state index in [4.69, 9.17) is 0 Å². The quantitative estimate of drug-likeness (QED) is 0.582. The summed E-state index contributed by atoms with van der Waals surface area (Å²) < 4.78 is 1.83. The van der Waals surface area contributed by atoms with E-state index in [1.54, 1.807) is 0 Å². The van der Waals surface area contributed by atoms with Crippen LogP contribution in [-0.2, 0) is 4.79 Å². The molecule has 0 aliphatic carbocycles. The van der Waals surface area contributed by atoms with Gasteiger partial charge in [0, 0.05) is 13.0 Å². The van der Waals surface area contributed by atoms with Crippen LogP contribution >= 0.6 is 22.9 Å². The first-order valence-corrected chi connectivity index (χ1v) is 5.71. The van der Waals surface area contributed by atoms with Gasteiger partial charge in [-0.25, -0.2) is 0 Å². The average molecular weight is 196 g/mol. The van der Waals surface area contributed by atoms with Crippen molar-refractivity contribution < 1.29 is 4.79 Å². The third-order valence-corrected chi connectivity index (χ3v) is 3.14. The average Bonchev–Trinajstić information content (AvgIpc) is 2.14. The van der Waals surface area contributed by atoms with Gasteiger partial charge >= 0.3 is 0 Å². The molecular formula is C4H7BrNOP. The first-order valence-electron chi connectivity index (χ1n) is 2.51. The Morgan fingerprint density at radius 2 is 2.50 bits per heavy atom. The van der Waals surface area contributed by atoms with Crippen molar-refractivity contribution in [3.8, 4) is 0 Å². The van der Waals surface area contributed by atoms with Gasteiger partial charge in [0.2, 0.25) is 5.91 Å². The van der Waals surface area contributed by atoms with Crippen molar-refractivity contribution in [3.63, 3.8) is 0 Å². The third-order valence-electron chi connectivity index (χ3n) is 1.18. The topological polar surface area (TPSA) is 20.3 Å². The van der Waals surface area contributed by atoms with Gasteiger partial charge in [-0.3, -0.25) is 4.79 Å². The molecule has 1 unspecified atom stereocenters. The van der Waals surface area contributed by atoms with Gasteiger partial charge in [-0.15, -0.1) is 0 Å². The molecular weight excluding hydrogens is 189 g/mol. The predicted octanol–water partition coefficient (Wildman–Crippen LogP) is 1.51. The molecule has 46 valence electrons. The molecule has 1 fully saturated rings. The Morgan fingerprint density at radius 3 is 2.75 bits per heavy atom. The van der Waals surface area contributed by atoms with E-state index in [1.807, 2.05) is 4.67 Å². The Labute approximate surface area is 58.2 Å². The number of carbonyl (C=O) groups is 1. The van der Waals surface area contributed by atoms with E-state index in [0.717, 1.165) is 19.4 Å². The maximum Gasteiger partial charge on any atom is 0.226 e. The fourth-order valence-corrected chi connectivity index (χ4v) is 2.31. The second-order valence-electron chi connectivity index (χ2n) is 1.73. The van der Waals surface area contributed by atoms with Crippen LogP contribution in [0.4, 0.5) is 0 Å². The van der Waals surface area contributed by atoms with Crippen LogP contribution in [0.15, 0.2) is 0 Å². The molecule has 2 nitrogen and oxygen atoms in total. The van der Waals surface area contributed by atoms with Gasteiger partial charge in [0.1, 0.15) is 0 Å². The smallest absolute Gasteiger partial charge is 0.226 e. The van der Waals surface area contributed by atoms with Crippen molar-refractivity contribution in [3.05, 3.63) is 0 Å². The monoisotopic (exact) mass is 195 g/mol. The Hall–Kier alpha value is 0.380. The number of amides is 1. The van der Waals surface area contributed by atoms with Gasteiger partial charge in [-0.1, -0.05) is 0 Å². The largest absolute Gasteiger partial charge is 0.315 e. The number of carbonyl (C=O) groups excluding carboxylic acids is 1. The van der Waals surface area contributed by atoms with Crippen LogP contribution in [-0.4, -0.2) is 17.1 Å². The maximum atomic E-state index is 10.7. The maximum absolute atomic E-state index is 10.7. The summed E-state index contributed by atoms with van der Waals surface area (Å²) in [4.78, 5) is 10.7. The molecule has 0 saturated carbocycles. The molecule has 0 radical (unpaired) electrons. The summed E-state index contributed by atoms with van der Waals surface area (Å²) in [5.74, 6) is 0.292. The fourth-order valence-electron chi connectivity index (χ4n) is 0.737. The molecule has 0 N–H and O–H groups in total. The van der Waals surface area contributed by atoms with E-state index in [-0.39, 0.29) is 0 Å². The Kier molecular flexibility index (Phi) is 2.27. The summed E-state index contributed by atoms with van der Waals surface area (Å²) in [5, 5.41) is 0. The van der Waals surface area contributed by atoms with Crippen molar-refractivity contribution in [2.24, 2.45) is 0 Å². The first kappa shape index (κ1) is 6.50. The van der Waals surface area contributed by atoms with E-state index in [1.165, 1.54) is 0 Å². The van der Waals surface area contributed by atoms with E-state index in [0.29, 0.717) is 13.3 Å². The molecule has 1 rings (SSSR count). The molecule has 1 amide bonds. The normalized spacial score (nSPS) is 21.6. The van der Waals surface area contributed by atoms with E-state index in [2.05, 4.69) is 15.5 Å². The zero-order chi connectivity index (χ0) is 5.98. The van der Waals surface area contributed by atoms with Crippen LogP contribution in [0.1, 0.15) is 12.8 Å². The van der Waals surface area contributed by atoms with Gasteiger partial charge in [0.15, 0.2) is 0 Å². The van der Waals surface area contributed by atoms with Gasteiger partial charge in [-0.05, 0) is 21.9 Å². The number of hydrogen-bond acceptors (Lipinski definition) is 1. The Bertz CT molecular complexity index is 108. The number of nitrogens with zero attached hydrogens (tertiary/aromatic N) is 1. The van der Waals surface area contributed by atoms with Crippen LogP contribution in [0.3, 0.4) is 0 Å². The van der Waals surface area contributed by atoms with E-state index in [9.17, 15) is 4.79 Å². The van der Waals surface area contributed by atoms with Crippen LogP contribution in [0.2, 0.25) is 0 Å². The van der Waals surface area contributed by atoms with Crippen molar-refractivity contribution >= 4 is 28.8 Å². The predicted molar refractivity (Wildman–Crippen MR) is 38.2 cm³/mol. The summed E-state index contributed by atoms with van der Waals surface area (Å²) in [6.45, 7) is 0.947. The van der Waals surface area contributed by atoms with Crippen LogP contribution in [0.25, 0.3) is 0 Å². The molecule has 0 aromatic heterocycles. The molecule has 0 aromatic carbocycles. The molecule has 8 heavy (non-hydrogen) atoms. The lowest BCUT2D eigenvalue weighted by Gasteiger charge is -2.08. The molecule has 1 atom stereocenters. The summed E-state index contributed by atoms with van der Waals surface area (Å²) in [6.07, 6.45) is 1.79. The zero-order valence-corrected chi connectivity index (χ0v) is 6.94. The Balaban J connectivity index is 2.42. The van der Waals surface area contributed by atoms with Gasteiger partial charge in [0.25, 0.3) is 0 Å². The second-order valence-corrected chi connectivity index (χ2v) is 3.51. The van der Waals surface area contributed by atoms with Gasteiger partial charge in [0.05, 0.1) is 7.43 Å². The van der Waals surface area contributed by atoms with Crippen LogP contribution in [0, 0.1) is 0 Å².